The van der Waals surface area contributed by atoms with Crippen LogP contribution in [0.15, 0.2) is 15.9 Å². The molecule has 2 rings (SSSR count). The second-order valence-electron chi connectivity index (χ2n) is 4.03. The van der Waals surface area contributed by atoms with Crippen molar-refractivity contribution in [1.82, 2.24) is 15.5 Å². The fraction of sp³-hybridized carbons (Fsp3) is 0.333. The first-order valence-corrected chi connectivity index (χ1v) is 7.58. The van der Waals surface area contributed by atoms with E-state index in [0.717, 1.165) is 22.3 Å². The highest BCUT2D eigenvalue weighted by atomic mass is 79.9. The van der Waals surface area contributed by atoms with Gasteiger partial charge in [0.25, 0.3) is 5.91 Å². The maximum Gasteiger partial charge on any atom is 0.273 e. The third-order valence-corrected chi connectivity index (χ3v) is 4.42. The van der Waals surface area contributed by atoms with Crippen molar-refractivity contribution in [2.45, 2.75) is 19.8 Å². The number of aryl methyl sites for hydroxylation is 1. The molecule has 2 aromatic rings. The number of nitrogen functional groups attached to an aromatic ring is 1. The molecule has 102 valence electrons. The number of rotatable bonds is 5. The van der Waals surface area contributed by atoms with Gasteiger partial charge in [0.2, 0.25) is 0 Å². The molecule has 0 bridgehead atoms. The lowest BCUT2D eigenvalue weighted by Gasteiger charge is -2.02. The van der Waals surface area contributed by atoms with Crippen molar-refractivity contribution in [2.24, 2.45) is 0 Å². The van der Waals surface area contributed by atoms with Crippen LogP contribution in [0, 0.1) is 0 Å². The summed E-state index contributed by atoms with van der Waals surface area (Å²) in [6.07, 6.45) is 1.53. The average molecular weight is 343 g/mol. The third kappa shape index (κ3) is 3.36. The molecule has 0 saturated carbocycles. The van der Waals surface area contributed by atoms with Gasteiger partial charge >= 0.3 is 0 Å². The summed E-state index contributed by atoms with van der Waals surface area (Å²) in [6.45, 7) is 2.53. The zero-order valence-electron chi connectivity index (χ0n) is 10.5. The number of hydrogen-bond acceptors (Lipinski definition) is 4. The second-order valence-corrected chi connectivity index (χ2v) is 6.58. The Kier molecular flexibility index (Phi) is 4.60. The quantitative estimate of drug-likeness (QED) is 0.779. The Balaban J connectivity index is 1.89. The summed E-state index contributed by atoms with van der Waals surface area (Å²) in [5.74, 6) is -0.232. The van der Waals surface area contributed by atoms with E-state index in [-0.39, 0.29) is 11.6 Å². The normalized spacial score (nSPS) is 10.6. The van der Waals surface area contributed by atoms with Crippen LogP contribution in [0.3, 0.4) is 0 Å². The monoisotopic (exact) mass is 342 g/mol. The summed E-state index contributed by atoms with van der Waals surface area (Å²) in [6, 6.07) is 4.04. The van der Waals surface area contributed by atoms with E-state index >= 15 is 0 Å². The zero-order chi connectivity index (χ0) is 13.8. The van der Waals surface area contributed by atoms with Crippen molar-refractivity contribution >= 4 is 38.9 Å². The summed E-state index contributed by atoms with van der Waals surface area (Å²) in [5.41, 5.74) is 7.37. The molecule has 19 heavy (non-hydrogen) atoms. The Morgan fingerprint density at radius 1 is 1.58 bits per heavy atom. The summed E-state index contributed by atoms with van der Waals surface area (Å²) >= 11 is 5.08. The molecule has 4 N–H and O–H groups in total. The van der Waals surface area contributed by atoms with Gasteiger partial charge in [0.15, 0.2) is 5.69 Å². The molecule has 0 atom stereocenters. The molecule has 0 unspecified atom stereocenters. The molecule has 0 fully saturated rings. The number of nitrogens with one attached hydrogen (secondary N) is 2. The van der Waals surface area contributed by atoms with E-state index < -0.39 is 0 Å². The van der Waals surface area contributed by atoms with Gasteiger partial charge in [0.05, 0.1) is 15.2 Å². The lowest BCUT2D eigenvalue weighted by Crippen LogP contribution is -2.26. The second kappa shape index (κ2) is 6.21. The number of anilines is 1. The van der Waals surface area contributed by atoms with Crippen LogP contribution in [0.2, 0.25) is 0 Å². The Morgan fingerprint density at radius 3 is 2.95 bits per heavy atom. The average Bonchev–Trinajstić information content (AvgIpc) is 2.95. The predicted octanol–water partition coefficient (Wildman–Crippen LogP) is 2.35. The van der Waals surface area contributed by atoms with Gasteiger partial charge in [0, 0.05) is 11.4 Å². The number of nitrogens with zero attached hydrogens (tertiary/aromatic N) is 1. The first-order chi connectivity index (χ1) is 9.11. The number of H-pyrrole nitrogens is 1. The first kappa shape index (κ1) is 14.1. The zero-order valence-corrected chi connectivity index (χ0v) is 12.9. The third-order valence-electron chi connectivity index (χ3n) is 2.74. The van der Waals surface area contributed by atoms with Gasteiger partial charge in [-0.05, 0) is 40.9 Å². The van der Waals surface area contributed by atoms with Gasteiger partial charge in [-0.15, -0.1) is 11.3 Å². The SMILES string of the molecule is CCc1[nH]nc(C(=O)NCCc2ccc(Br)s2)c1N. The Morgan fingerprint density at radius 2 is 2.37 bits per heavy atom. The molecule has 2 heterocycles. The molecule has 0 spiro atoms. The summed E-state index contributed by atoms with van der Waals surface area (Å²) in [5, 5.41) is 9.55. The van der Waals surface area contributed by atoms with Crippen LogP contribution in [0.1, 0.15) is 28.0 Å². The molecular formula is C12H15BrN4OS. The molecule has 0 aliphatic heterocycles. The van der Waals surface area contributed by atoms with E-state index in [0.29, 0.717) is 12.2 Å². The number of carbonyl (C=O) groups excluding carboxylic acids is 1. The molecule has 0 radical (unpaired) electrons. The van der Waals surface area contributed by atoms with Gasteiger partial charge in [-0.2, -0.15) is 5.10 Å². The topological polar surface area (TPSA) is 83.8 Å². The van der Waals surface area contributed by atoms with Crippen molar-refractivity contribution in [3.63, 3.8) is 0 Å². The molecule has 2 aromatic heterocycles. The van der Waals surface area contributed by atoms with Gasteiger partial charge in [0.1, 0.15) is 0 Å². The van der Waals surface area contributed by atoms with Crippen LogP contribution in [-0.2, 0) is 12.8 Å². The minimum atomic E-state index is -0.232. The number of aromatic nitrogens is 2. The van der Waals surface area contributed by atoms with Crippen molar-refractivity contribution in [2.75, 3.05) is 12.3 Å². The Bertz CT molecular complexity index is 578. The van der Waals surface area contributed by atoms with Crippen LogP contribution in [0.4, 0.5) is 5.69 Å². The highest BCUT2D eigenvalue weighted by molar-refractivity contribution is 9.11. The van der Waals surface area contributed by atoms with Crippen molar-refractivity contribution < 1.29 is 4.79 Å². The molecule has 0 saturated heterocycles. The molecular weight excluding hydrogens is 328 g/mol. The number of aromatic amines is 1. The van der Waals surface area contributed by atoms with Crippen molar-refractivity contribution in [3.05, 3.63) is 32.2 Å². The number of halogens is 1. The van der Waals surface area contributed by atoms with E-state index in [1.807, 2.05) is 19.1 Å². The first-order valence-electron chi connectivity index (χ1n) is 5.97. The lowest BCUT2D eigenvalue weighted by molar-refractivity contribution is 0.0950. The Labute approximate surface area is 123 Å². The minimum Gasteiger partial charge on any atom is -0.395 e. The number of hydrogen-bond donors (Lipinski definition) is 3. The maximum atomic E-state index is 11.9. The molecule has 0 aliphatic carbocycles. The van der Waals surface area contributed by atoms with Crippen LogP contribution in [0.5, 0.6) is 0 Å². The molecule has 1 amide bonds. The van der Waals surface area contributed by atoms with Crippen molar-refractivity contribution in [1.29, 1.82) is 0 Å². The lowest BCUT2D eigenvalue weighted by atomic mass is 10.2. The fourth-order valence-electron chi connectivity index (χ4n) is 1.70. The number of amides is 1. The van der Waals surface area contributed by atoms with Crippen LogP contribution in [-0.4, -0.2) is 22.6 Å². The highest BCUT2D eigenvalue weighted by Crippen LogP contribution is 2.22. The predicted molar refractivity (Wildman–Crippen MR) is 80.4 cm³/mol. The summed E-state index contributed by atoms with van der Waals surface area (Å²) in [7, 11) is 0. The summed E-state index contributed by atoms with van der Waals surface area (Å²) in [4.78, 5) is 13.1. The molecule has 5 nitrogen and oxygen atoms in total. The smallest absolute Gasteiger partial charge is 0.273 e. The molecule has 7 heteroatoms. The van der Waals surface area contributed by atoms with Gasteiger partial charge in [-0.25, -0.2) is 0 Å². The van der Waals surface area contributed by atoms with Gasteiger partial charge in [-0.1, -0.05) is 6.92 Å². The standard InChI is InChI=1S/C12H15BrN4OS/c1-2-8-10(14)11(17-16-8)12(18)15-6-5-7-3-4-9(13)19-7/h3-4H,2,5-6,14H2,1H3,(H,15,18)(H,16,17). The van der Waals surface area contributed by atoms with Gasteiger partial charge in [-0.3, -0.25) is 9.89 Å². The van der Waals surface area contributed by atoms with E-state index in [1.165, 1.54) is 4.88 Å². The van der Waals surface area contributed by atoms with Crippen LogP contribution >= 0.6 is 27.3 Å². The highest BCUT2D eigenvalue weighted by Gasteiger charge is 2.15. The Hall–Kier alpha value is -1.34. The van der Waals surface area contributed by atoms with E-state index in [2.05, 4.69) is 31.4 Å². The number of carbonyl (C=O) groups is 1. The van der Waals surface area contributed by atoms with Crippen molar-refractivity contribution in [3.8, 4) is 0 Å². The van der Waals surface area contributed by atoms with E-state index in [9.17, 15) is 4.79 Å². The fourth-order valence-corrected chi connectivity index (χ4v) is 3.18. The van der Waals surface area contributed by atoms with Crippen LogP contribution < -0.4 is 11.1 Å². The maximum absolute atomic E-state index is 11.9. The minimum absolute atomic E-state index is 0.232. The molecule has 0 aromatic carbocycles. The van der Waals surface area contributed by atoms with Gasteiger partial charge < -0.3 is 11.1 Å². The largest absolute Gasteiger partial charge is 0.395 e. The van der Waals surface area contributed by atoms with Crippen LogP contribution in [0.25, 0.3) is 0 Å². The van der Waals surface area contributed by atoms with E-state index in [4.69, 9.17) is 5.73 Å². The number of thiophene rings is 1. The number of nitrogens with two attached hydrogens (primary N) is 1. The summed E-state index contributed by atoms with van der Waals surface area (Å²) < 4.78 is 1.10. The molecule has 0 aliphatic rings. The van der Waals surface area contributed by atoms with E-state index in [1.54, 1.807) is 11.3 Å².